The monoisotopic (exact) mass is 745 g/mol. The van der Waals surface area contributed by atoms with Crippen LogP contribution in [0.15, 0.2) is 121 Å². The molecule has 4 N–H and O–H groups in total. The molecule has 0 aliphatic rings. The summed E-state index contributed by atoms with van der Waals surface area (Å²) < 4.78 is 11.6. The summed E-state index contributed by atoms with van der Waals surface area (Å²) in [7, 11) is 0. The maximum Gasteiger partial charge on any atom is 0.119 e. The summed E-state index contributed by atoms with van der Waals surface area (Å²) in [4.78, 5) is 0. The Balaban J connectivity index is 0.000000282. The van der Waals surface area contributed by atoms with E-state index >= 15 is 0 Å². The van der Waals surface area contributed by atoms with E-state index in [9.17, 15) is 0 Å². The highest BCUT2D eigenvalue weighted by Gasteiger charge is 2.08. The molecule has 0 radical (unpaired) electrons. The molecular weight excluding hydrogens is 673 g/mol. The van der Waals surface area contributed by atoms with Crippen LogP contribution in [0.5, 0.6) is 11.5 Å². The van der Waals surface area contributed by atoms with Crippen LogP contribution in [0.4, 0.5) is 0 Å². The van der Waals surface area contributed by atoms with Crippen LogP contribution in [-0.4, -0.2) is 0 Å². The summed E-state index contributed by atoms with van der Waals surface area (Å²) in [6.07, 6.45) is 5.78. The van der Waals surface area contributed by atoms with Gasteiger partial charge in [0.25, 0.3) is 0 Å². The van der Waals surface area contributed by atoms with Crippen LogP contribution in [0.25, 0.3) is 0 Å². The Morgan fingerprint density at radius 3 is 1.09 bits per heavy atom. The zero-order valence-corrected chi connectivity index (χ0v) is 35.6. The molecule has 0 fully saturated rings. The minimum Gasteiger partial charge on any atom is -0.489 e. The van der Waals surface area contributed by atoms with E-state index in [0.29, 0.717) is 38.1 Å². The smallest absolute Gasteiger partial charge is 0.119 e. The largest absolute Gasteiger partial charge is 0.489 e. The fourth-order valence-corrected chi connectivity index (χ4v) is 5.24. The number of nitrogens with two attached hydrogens (primary N) is 2. The Morgan fingerprint density at radius 1 is 0.436 bits per heavy atom. The highest BCUT2D eigenvalue weighted by Crippen LogP contribution is 2.19. The number of rotatable bonds is 15. The number of ether oxygens (including phenoxy) is 2. The first kappa shape index (κ1) is 46.8. The van der Waals surface area contributed by atoms with Gasteiger partial charge in [-0.15, -0.1) is 0 Å². The SMILES string of the molecule is CC(C)C(C)Cc1cccc(COc2ccc(CN)cc2)c1.CCC(C)C.CCc1cccc(CC)c1.CCc1cccc(COc2ccc(CN)cc2)c1. The van der Waals surface area contributed by atoms with Gasteiger partial charge in [0.05, 0.1) is 0 Å². The van der Waals surface area contributed by atoms with Crippen molar-refractivity contribution in [3.05, 3.63) is 166 Å². The molecule has 5 aromatic carbocycles. The number of aryl methyl sites for hydroxylation is 3. The summed E-state index contributed by atoms with van der Waals surface area (Å²) in [5.41, 5.74) is 21.4. The number of hydrogen-bond donors (Lipinski definition) is 2. The van der Waals surface area contributed by atoms with Gasteiger partial charge in [-0.25, -0.2) is 0 Å². The fraction of sp³-hybridized carbons (Fsp3) is 0.412. The van der Waals surface area contributed by atoms with E-state index in [-0.39, 0.29) is 0 Å². The molecule has 5 rings (SSSR count). The average molecular weight is 745 g/mol. The lowest BCUT2D eigenvalue weighted by molar-refractivity contribution is 0.306. The first-order chi connectivity index (χ1) is 26.5. The first-order valence-corrected chi connectivity index (χ1v) is 20.6. The van der Waals surface area contributed by atoms with Gasteiger partial charge in [0.15, 0.2) is 0 Å². The molecule has 0 heterocycles. The van der Waals surface area contributed by atoms with Gasteiger partial charge < -0.3 is 20.9 Å². The molecule has 0 saturated heterocycles. The van der Waals surface area contributed by atoms with E-state index in [4.69, 9.17) is 20.9 Å². The van der Waals surface area contributed by atoms with Crippen LogP contribution in [0.2, 0.25) is 0 Å². The maximum atomic E-state index is 5.86. The summed E-state index contributed by atoms with van der Waals surface area (Å²) in [5, 5.41) is 0. The summed E-state index contributed by atoms with van der Waals surface area (Å²) in [6, 6.07) is 41.9. The Hall–Kier alpha value is -4.38. The van der Waals surface area contributed by atoms with Gasteiger partial charge in [-0.3, -0.25) is 0 Å². The van der Waals surface area contributed by atoms with Crippen LogP contribution >= 0.6 is 0 Å². The lowest BCUT2D eigenvalue weighted by atomic mass is 9.91. The molecule has 1 unspecified atom stereocenters. The maximum absolute atomic E-state index is 5.86. The van der Waals surface area contributed by atoms with E-state index < -0.39 is 0 Å². The van der Waals surface area contributed by atoms with Crippen LogP contribution in [0, 0.1) is 17.8 Å². The van der Waals surface area contributed by atoms with E-state index in [1.807, 2.05) is 48.5 Å². The Kier molecular flexibility index (Phi) is 23.2. The molecule has 298 valence electrons. The van der Waals surface area contributed by atoms with Gasteiger partial charge in [-0.2, -0.15) is 0 Å². The van der Waals surface area contributed by atoms with Crippen molar-refractivity contribution in [2.45, 2.75) is 121 Å². The molecule has 0 amide bonds. The van der Waals surface area contributed by atoms with Gasteiger partial charge in [0.1, 0.15) is 24.7 Å². The lowest BCUT2D eigenvalue weighted by Gasteiger charge is -2.16. The molecule has 0 saturated carbocycles. The normalized spacial score (nSPS) is 11.0. The first-order valence-electron chi connectivity index (χ1n) is 20.6. The molecule has 0 bridgehead atoms. The van der Waals surface area contributed by atoms with E-state index in [2.05, 4.69) is 135 Å². The third-order valence-corrected chi connectivity index (χ3v) is 9.84. The summed E-state index contributed by atoms with van der Waals surface area (Å²) >= 11 is 0. The van der Waals surface area contributed by atoms with Gasteiger partial charge in [-0.05, 0) is 112 Å². The second kappa shape index (κ2) is 27.2. The summed E-state index contributed by atoms with van der Waals surface area (Å²) in [6.45, 7) is 22.4. The van der Waals surface area contributed by atoms with Gasteiger partial charge in [0.2, 0.25) is 0 Å². The fourth-order valence-electron chi connectivity index (χ4n) is 5.24. The van der Waals surface area contributed by atoms with Crippen LogP contribution in [0.3, 0.4) is 0 Å². The minimum absolute atomic E-state index is 0.566. The van der Waals surface area contributed by atoms with Crippen LogP contribution in [0.1, 0.15) is 113 Å². The second-order valence-corrected chi connectivity index (χ2v) is 15.0. The lowest BCUT2D eigenvalue weighted by Crippen LogP contribution is -2.07. The van der Waals surface area contributed by atoms with E-state index in [1.54, 1.807) is 0 Å². The van der Waals surface area contributed by atoms with Crippen LogP contribution < -0.4 is 20.9 Å². The highest BCUT2D eigenvalue weighted by molar-refractivity contribution is 5.30. The Labute approximate surface area is 335 Å². The van der Waals surface area contributed by atoms with Crippen molar-refractivity contribution in [3.63, 3.8) is 0 Å². The van der Waals surface area contributed by atoms with Gasteiger partial charge >= 0.3 is 0 Å². The highest BCUT2D eigenvalue weighted by atomic mass is 16.5. The van der Waals surface area contributed by atoms with Crippen molar-refractivity contribution in [3.8, 4) is 11.5 Å². The van der Waals surface area contributed by atoms with Crippen molar-refractivity contribution in [2.24, 2.45) is 29.2 Å². The third kappa shape index (κ3) is 19.7. The topological polar surface area (TPSA) is 70.5 Å². The predicted octanol–water partition coefficient (Wildman–Crippen LogP) is 12.7. The minimum atomic E-state index is 0.566. The average Bonchev–Trinajstić information content (AvgIpc) is 3.23. The van der Waals surface area contributed by atoms with Crippen molar-refractivity contribution in [2.75, 3.05) is 0 Å². The van der Waals surface area contributed by atoms with Crippen LogP contribution in [-0.2, 0) is 52.0 Å². The standard InChI is InChI=1S/C20H27NO.C16H19NO.C10H14.C5H12/c1-15(2)16(3)11-18-5-4-6-19(12-18)14-22-20-9-7-17(13-21)8-10-20;1-2-13-4-3-5-15(10-13)12-18-16-8-6-14(11-17)7-9-16;1-3-9-6-5-7-10(4-2)8-9;1-4-5(2)3/h4-10,12,15-16H,11,13-14,21H2,1-3H3;3-10H,2,11-12,17H2,1H3;5-8H,3-4H2,1-2H3;5H,4H2,1-3H3. The Bertz CT molecular complexity index is 1690. The molecule has 4 nitrogen and oxygen atoms in total. The van der Waals surface area contributed by atoms with Crippen molar-refractivity contribution in [1.29, 1.82) is 0 Å². The molecule has 0 aliphatic carbocycles. The third-order valence-electron chi connectivity index (χ3n) is 9.84. The molecule has 0 aromatic heterocycles. The quantitative estimate of drug-likeness (QED) is 0.112. The van der Waals surface area contributed by atoms with Crippen molar-refractivity contribution in [1.82, 2.24) is 0 Å². The number of hydrogen-bond acceptors (Lipinski definition) is 4. The second-order valence-electron chi connectivity index (χ2n) is 15.0. The zero-order valence-electron chi connectivity index (χ0n) is 35.6. The summed E-state index contributed by atoms with van der Waals surface area (Å²) in [5.74, 6) is 4.06. The van der Waals surface area contributed by atoms with E-state index in [1.165, 1.54) is 39.8 Å². The molecule has 5 aromatic rings. The molecule has 0 spiro atoms. The van der Waals surface area contributed by atoms with Crippen molar-refractivity contribution >= 4 is 0 Å². The van der Waals surface area contributed by atoms with Crippen molar-refractivity contribution < 1.29 is 9.47 Å². The molecule has 1 atom stereocenters. The molecule has 55 heavy (non-hydrogen) atoms. The number of benzene rings is 5. The zero-order chi connectivity index (χ0) is 40.4. The molecular formula is C51H72N2O2. The van der Waals surface area contributed by atoms with Gasteiger partial charge in [-0.1, -0.05) is 166 Å². The molecule has 0 aliphatic heterocycles. The molecule has 4 heteroatoms. The Morgan fingerprint density at radius 2 is 0.764 bits per heavy atom. The van der Waals surface area contributed by atoms with Gasteiger partial charge in [0, 0.05) is 13.1 Å². The van der Waals surface area contributed by atoms with E-state index in [0.717, 1.165) is 54.2 Å². The predicted molar refractivity (Wildman–Crippen MR) is 238 cm³/mol.